The zero-order valence-corrected chi connectivity index (χ0v) is 14.0. The fraction of sp³-hybridized carbons (Fsp3) is 0.571. The van der Waals surface area contributed by atoms with Crippen LogP contribution in [-0.4, -0.2) is 23.7 Å². The summed E-state index contributed by atoms with van der Waals surface area (Å²) in [7, 11) is 0. The van der Waals surface area contributed by atoms with Crippen molar-refractivity contribution in [2.24, 2.45) is 5.41 Å². The second kappa shape index (κ2) is 5.85. The first kappa shape index (κ1) is 15.5. The van der Waals surface area contributed by atoms with Gasteiger partial charge in [-0.3, -0.25) is 10.1 Å². The fourth-order valence-corrected chi connectivity index (χ4v) is 3.19. The molecule has 0 spiro atoms. The maximum atomic E-state index is 10.7. The molecule has 20 heavy (non-hydrogen) atoms. The Hall–Kier alpha value is -0.890. The van der Waals surface area contributed by atoms with Crippen LogP contribution in [0.15, 0.2) is 18.2 Å². The van der Waals surface area contributed by atoms with Gasteiger partial charge in [0.1, 0.15) is 0 Å². The van der Waals surface area contributed by atoms with Gasteiger partial charge in [-0.1, -0.05) is 13.8 Å². The van der Waals surface area contributed by atoms with Crippen LogP contribution in [-0.2, 0) is 4.74 Å². The normalized spacial score (nSPS) is 24.0. The van der Waals surface area contributed by atoms with Crippen molar-refractivity contribution < 1.29 is 9.66 Å². The first-order valence-electron chi connectivity index (χ1n) is 6.68. The van der Waals surface area contributed by atoms with E-state index in [1.165, 1.54) is 6.07 Å². The van der Waals surface area contributed by atoms with Crippen LogP contribution in [0, 0.1) is 19.1 Å². The molecule has 0 bridgehead atoms. The zero-order valence-electron chi connectivity index (χ0n) is 11.9. The lowest BCUT2D eigenvalue weighted by Gasteiger charge is -2.52. The number of benzene rings is 1. The van der Waals surface area contributed by atoms with Crippen LogP contribution in [0.2, 0.25) is 0 Å². The van der Waals surface area contributed by atoms with E-state index in [1.807, 2.05) is 6.92 Å². The molecule has 6 heteroatoms. The van der Waals surface area contributed by atoms with Gasteiger partial charge in [0.05, 0.1) is 11.0 Å². The standard InChI is InChI=1S/C14H19IN2O3/c1-4-20-13-8-12(14(13,2)3)16-11-6-5-9(17(18)19)7-10(11)15/h5-7,12-13,16H,4,8H2,1-3H3. The van der Waals surface area contributed by atoms with E-state index in [0.29, 0.717) is 6.04 Å². The molecule has 0 saturated heterocycles. The minimum atomic E-state index is -0.371. The number of nitrogens with zero attached hydrogens (tertiary/aromatic N) is 1. The number of halogens is 1. The Bertz CT molecular complexity index is 519. The number of nitro groups is 1. The van der Waals surface area contributed by atoms with Crippen molar-refractivity contribution in [2.75, 3.05) is 11.9 Å². The number of nitrogens with one attached hydrogen (secondary N) is 1. The number of hydrogen-bond donors (Lipinski definition) is 1. The summed E-state index contributed by atoms with van der Waals surface area (Å²) < 4.78 is 6.58. The molecule has 1 aliphatic rings. The van der Waals surface area contributed by atoms with Gasteiger partial charge < -0.3 is 10.1 Å². The van der Waals surface area contributed by atoms with Crippen LogP contribution in [0.5, 0.6) is 0 Å². The molecule has 0 aliphatic heterocycles. The zero-order chi connectivity index (χ0) is 14.9. The van der Waals surface area contributed by atoms with Crippen molar-refractivity contribution in [3.05, 3.63) is 31.9 Å². The smallest absolute Gasteiger partial charge is 0.270 e. The first-order valence-corrected chi connectivity index (χ1v) is 7.76. The van der Waals surface area contributed by atoms with Crippen molar-refractivity contribution in [3.63, 3.8) is 0 Å². The van der Waals surface area contributed by atoms with Gasteiger partial charge in [-0.25, -0.2) is 0 Å². The molecule has 1 N–H and O–H groups in total. The molecule has 0 amide bonds. The molecule has 2 atom stereocenters. The predicted molar refractivity (Wildman–Crippen MR) is 87.0 cm³/mol. The Morgan fingerprint density at radius 3 is 2.75 bits per heavy atom. The van der Waals surface area contributed by atoms with Crippen LogP contribution < -0.4 is 5.32 Å². The molecule has 1 aliphatic carbocycles. The third kappa shape index (κ3) is 2.90. The monoisotopic (exact) mass is 390 g/mol. The lowest BCUT2D eigenvalue weighted by molar-refractivity contribution is -0.384. The third-order valence-corrected chi connectivity index (χ3v) is 4.93. The average Bonchev–Trinajstić information content (AvgIpc) is 2.39. The number of hydrogen-bond acceptors (Lipinski definition) is 4. The van der Waals surface area contributed by atoms with Crippen molar-refractivity contribution in [1.82, 2.24) is 0 Å². The van der Waals surface area contributed by atoms with E-state index in [9.17, 15) is 10.1 Å². The lowest BCUT2D eigenvalue weighted by atomic mass is 9.64. The van der Waals surface area contributed by atoms with E-state index in [2.05, 4.69) is 41.8 Å². The SMILES string of the molecule is CCOC1CC(Nc2ccc([N+](=O)[O-])cc2I)C1(C)C. The highest BCUT2D eigenvalue weighted by molar-refractivity contribution is 14.1. The van der Waals surface area contributed by atoms with Crippen molar-refractivity contribution in [3.8, 4) is 0 Å². The van der Waals surface area contributed by atoms with Crippen LogP contribution in [0.25, 0.3) is 0 Å². The molecular weight excluding hydrogens is 371 g/mol. The first-order chi connectivity index (χ1) is 9.36. The van der Waals surface area contributed by atoms with E-state index in [-0.39, 0.29) is 22.1 Å². The van der Waals surface area contributed by atoms with Crippen molar-refractivity contribution >= 4 is 34.0 Å². The topological polar surface area (TPSA) is 64.4 Å². The van der Waals surface area contributed by atoms with Gasteiger partial charge in [-0.2, -0.15) is 0 Å². The predicted octanol–water partition coefficient (Wildman–Crippen LogP) is 3.81. The maximum absolute atomic E-state index is 10.7. The van der Waals surface area contributed by atoms with Crippen LogP contribution in [0.3, 0.4) is 0 Å². The summed E-state index contributed by atoms with van der Waals surface area (Å²) in [6.07, 6.45) is 1.24. The highest BCUT2D eigenvalue weighted by Crippen LogP contribution is 2.44. The molecule has 0 heterocycles. The van der Waals surface area contributed by atoms with E-state index in [1.54, 1.807) is 12.1 Å². The van der Waals surface area contributed by atoms with Crippen LogP contribution in [0.4, 0.5) is 11.4 Å². The van der Waals surface area contributed by atoms with Gasteiger partial charge in [-0.05, 0) is 42.0 Å². The summed E-state index contributed by atoms with van der Waals surface area (Å²) in [6, 6.07) is 5.24. The van der Waals surface area contributed by atoms with Gasteiger partial charge >= 0.3 is 0 Å². The lowest BCUT2D eigenvalue weighted by Crippen LogP contribution is -2.58. The summed E-state index contributed by atoms with van der Waals surface area (Å²) in [5.74, 6) is 0. The number of ether oxygens (including phenoxy) is 1. The largest absolute Gasteiger partial charge is 0.381 e. The second-order valence-corrected chi connectivity index (χ2v) is 6.78. The van der Waals surface area contributed by atoms with Gasteiger partial charge in [0, 0.05) is 39.5 Å². The van der Waals surface area contributed by atoms with Gasteiger partial charge in [-0.15, -0.1) is 0 Å². The summed E-state index contributed by atoms with van der Waals surface area (Å²) in [4.78, 5) is 10.4. The summed E-state index contributed by atoms with van der Waals surface area (Å²) in [6.45, 7) is 7.12. The van der Waals surface area contributed by atoms with E-state index < -0.39 is 0 Å². The van der Waals surface area contributed by atoms with E-state index >= 15 is 0 Å². The molecule has 0 aromatic heterocycles. The molecule has 1 aromatic rings. The molecule has 1 fully saturated rings. The molecule has 2 rings (SSSR count). The fourth-order valence-electron chi connectivity index (χ4n) is 2.54. The van der Waals surface area contributed by atoms with Gasteiger partial charge in [0.2, 0.25) is 0 Å². The maximum Gasteiger partial charge on any atom is 0.270 e. The molecule has 1 aromatic carbocycles. The number of rotatable bonds is 5. The highest BCUT2D eigenvalue weighted by Gasteiger charge is 2.48. The summed E-state index contributed by atoms with van der Waals surface area (Å²) in [5, 5.41) is 14.2. The minimum Gasteiger partial charge on any atom is -0.381 e. The Labute approximate surface area is 132 Å². The number of anilines is 1. The Balaban J connectivity index is 2.07. The van der Waals surface area contributed by atoms with Crippen molar-refractivity contribution in [1.29, 1.82) is 0 Å². The molecule has 1 saturated carbocycles. The Morgan fingerprint density at radius 2 is 2.25 bits per heavy atom. The van der Waals surface area contributed by atoms with Crippen molar-refractivity contribution in [2.45, 2.75) is 39.3 Å². The van der Waals surface area contributed by atoms with Gasteiger partial charge in [0.25, 0.3) is 5.69 Å². The number of non-ortho nitro benzene ring substituents is 1. The Morgan fingerprint density at radius 1 is 1.55 bits per heavy atom. The van der Waals surface area contributed by atoms with Gasteiger partial charge in [0.15, 0.2) is 0 Å². The molecule has 5 nitrogen and oxygen atoms in total. The number of nitro benzene ring substituents is 1. The highest BCUT2D eigenvalue weighted by atomic mass is 127. The van der Waals surface area contributed by atoms with Crippen LogP contribution >= 0.6 is 22.6 Å². The molecule has 0 radical (unpaired) electrons. The summed E-state index contributed by atoms with van der Waals surface area (Å²) in [5.41, 5.74) is 1.14. The van der Waals surface area contributed by atoms with Crippen LogP contribution in [0.1, 0.15) is 27.2 Å². The van der Waals surface area contributed by atoms with E-state index in [0.717, 1.165) is 22.3 Å². The second-order valence-electron chi connectivity index (χ2n) is 5.62. The summed E-state index contributed by atoms with van der Waals surface area (Å²) >= 11 is 2.13. The third-order valence-electron chi connectivity index (χ3n) is 4.04. The molecule has 2 unspecified atom stereocenters. The Kier molecular flexibility index (Phi) is 4.53. The molecular formula is C14H19IN2O3. The average molecular weight is 390 g/mol. The quantitative estimate of drug-likeness (QED) is 0.472. The molecule has 110 valence electrons. The minimum absolute atomic E-state index is 0.0703. The van der Waals surface area contributed by atoms with E-state index in [4.69, 9.17) is 4.74 Å².